The van der Waals surface area contributed by atoms with Crippen molar-refractivity contribution in [1.29, 1.82) is 0 Å². The lowest BCUT2D eigenvalue weighted by atomic mass is 10.0. The van der Waals surface area contributed by atoms with Gasteiger partial charge in [0.15, 0.2) is 0 Å². The average Bonchev–Trinajstić information content (AvgIpc) is 2.38. The molecule has 1 aliphatic rings. The van der Waals surface area contributed by atoms with E-state index >= 15 is 0 Å². The molecule has 2 nitrogen and oxygen atoms in total. The van der Waals surface area contributed by atoms with Crippen LogP contribution >= 0.6 is 11.8 Å². The second kappa shape index (κ2) is 4.21. The highest BCUT2D eigenvalue weighted by Crippen LogP contribution is 2.13. The summed E-state index contributed by atoms with van der Waals surface area (Å²) in [6, 6.07) is 0.407. The van der Waals surface area contributed by atoms with Gasteiger partial charge in [-0.15, -0.1) is 0 Å². The molecule has 3 heteroatoms. The maximum atomic E-state index is 5.93. The predicted octanol–water partition coefficient (Wildman–Crippen LogP) is 0.286. The van der Waals surface area contributed by atoms with Crippen LogP contribution < -0.4 is 11.1 Å². The summed E-state index contributed by atoms with van der Waals surface area (Å²) in [7, 11) is 0. The molecule has 0 aliphatic carbocycles. The van der Waals surface area contributed by atoms with Gasteiger partial charge >= 0.3 is 0 Å². The molecular weight excluding hydrogens is 144 g/mol. The summed E-state index contributed by atoms with van der Waals surface area (Å²) in [5.74, 6) is 1.83. The third-order valence-electron chi connectivity index (χ3n) is 2.06. The van der Waals surface area contributed by atoms with Crippen LogP contribution in [-0.2, 0) is 0 Å². The lowest BCUT2D eigenvalue weighted by Crippen LogP contribution is -2.33. The number of thioether (sulfide) groups is 1. The van der Waals surface area contributed by atoms with Crippen molar-refractivity contribution in [1.82, 2.24) is 5.32 Å². The second-order valence-electron chi connectivity index (χ2n) is 2.87. The molecule has 1 aliphatic heterocycles. The smallest absolute Gasteiger partial charge is 0.0171 e. The van der Waals surface area contributed by atoms with Crippen LogP contribution in [0.5, 0.6) is 0 Å². The maximum absolute atomic E-state index is 5.93. The number of nitrogens with one attached hydrogen (secondary N) is 1. The van der Waals surface area contributed by atoms with Gasteiger partial charge in [0.25, 0.3) is 0 Å². The first kappa shape index (κ1) is 8.37. The number of rotatable bonds is 3. The molecule has 10 heavy (non-hydrogen) atoms. The second-order valence-corrected chi connectivity index (χ2v) is 3.78. The van der Waals surface area contributed by atoms with E-state index in [0.29, 0.717) is 6.04 Å². The van der Waals surface area contributed by atoms with E-state index in [0.717, 1.165) is 24.8 Å². The molecule has 1 saturated heterocycles. The first-order valence-electron chi connectivity index (χ1n) is 3.80. The summed E-state index contributed by atoms with van der Waals surface area (Å²) < 4.78 is 0. The standard InChI is InChI=1S/C7H16N2S/c1-10-5-7(8)6-2-3-9-4-6/h6-7,9H,2-5,8H2,1H3. The van der Waals surface area contributed by atoms with Gasteiger partial charge in [0.05, 0.1) is 0 Å². The fourth-order valence-corrected chi connectivity index (χ4v) is 2.03. The minimum absolute atomic E-state index is 0.407. The third-order valence-corrected chi connectivity index (χ3v) is 2.78. The Labute approximate surface area is 66.9 Å². The lowest BCUT2D eigenvalue weighted by molar-refractivity contribution is 0.489. The van der Waals surface area contributed by atoms with E-state index in [4.69, 9.17) is 5.73 Å². The molecule has 0 aromatic carbocycles. The van der Waals surface area contributed by atoms with Gasteiger partial charge < -0.3 is 11.1 Å². The van der Waals surface area contributed by atoms with E-state index in [9.17, 15) is 0 Å². The van der Waals surface area contributed by atoms with Crippen molar-refractivity contribution >= 4 is 11.8 Å². The Balaban J connectivity index is 2.18. The van der Waals surface area contributed by atoms with Gasteiger partial charge in [-0.25, -0.2) is 0 Å². The summed E-state index contributed by atoms with van der Waals surface area (Å²) >= 11 is 1.84. The molecule has 0 spiro atoms. The predicted molar refractivity (Wildman–Crippen MR) is 47.3 cm³/mol. The highest BCUT2D eigenvalue weighted by atomic mass is 32.2. The van der Waals surface area contributed by atoms with Crippen molar-refractivity contribution in [3.63, 3.8) is 0 Å². The quantitative estimate of drug-likeness (QED) is 0.623. The fourth-order valence-electron chi connectivity index (χ4n) is 1.37. The molecule has 2 unspecified atom stereocenters. The molecule has 60 valence electrons. The van der Waals surface area contributed by atoms with Gasteiger partial charge in [-0.1, -0.05) is 0 Å². The van der Waals surface area contributed by atoms with Crippen LogP contribution in [0.2, 0.25) is 0 Å². The molecular formula is C7H16N2S. The Hall–Kier alpha value is 0.270. The molecule has 0 bridgehead atoms. The van der Waals surface area contributed by atoms with Crippen LogP contribution in [0.3, 0.4) is 0 Å². The summed E-state index contributed by atoms with van der Waals surface area (Å²) in [6.45, 7) is 2.29. The largest absolute Gasteiger partial charge is 0.327 e. The van der Waals surface area contributed by atoms with Gasteiger partial charge in [0.1, 0.15) is 0 Å². The van der Waals surface area contributed by atoms with E-state index in [1.165, 1.54) is 6.42 Å². The van der Waals surface area contributed by atoms with Gasteiger partial charge in [0.2, 0.25) is 0 Å². The average molecular weight is 160 g/mol. The van der Waals surface area contributed by atoms with Crippen molar-refractivity contribution in [2.45, 2.75) is 12.5 Å². The van der Waals surface area contributed by atoms with Crippen molar-refractivity contribution in [3.05, 3.63) is 0 Å². The Bertz CT molecular complexity index is 91.6. The third kappa shape index (κ3) is 2.15. The Morgan fingerprint density at radius 3 is 3.10 bits per heavy atom. The van der Waals surface area contributed by atoms with Crippen molar-refractivity contribution in [3.8, 4) is 0 Å². The van der Waals surface area contributed by atoms with Crippen molar-refractivity contribution in [2.24, 2.45) is 11.7 Å². The molecule has 0 saturated carbocycles. The first-order valence-corrected chi connectivity index (χ1v) is 5.19. The molecule has 3 N–H and O–H groups in total. The van der Waals surface area contributed by atoms with Crippen LogP contribution in [0.1, 0.15) is 6.42 Å². The van der Waals surface area contributed by atoms with Crippen LogP contribution in [0.15, 0.2) is 0 Å². The zero-order valence-corrected chi connectivity index (χ0v) is 7.29. The molecule has 2 atom stereocenters. The topological polar surface area (TPSA) is 38.0 Å². The summed E-state index contributed by atoms with van der Waals surface area (Å²) in [5, 5.41) is 3.32. The summed E-state index contributed by atoms with van der Waals surface area (Å²) in [5.41, 5.74) is 5.93. The Morgan fingerprint density at radius 2 is 2.60 bits per heavy atom. The molecule has 0 radical (unpaired) electrons. The minimum Gasteiger partial charge on any atom is -0.327 e. The lowest BCUT2D eigenvalue weighted by Gasteiger charge is -2.16. The number of hydrogen-bond acceptors (Lipinski definition) is 3. The zero-order chi connectivity index (χ0) is 7.40. The van der Waals surface area contributed by atoms with Crippen LogP contribution in [-0.4, -0.2) is 31.1 Å². The van der Waals surface area contributed by atoms with Gasteiger partial charge in [-0.2, -0.15) is 11.8 Å². The molecule has 0 amide bonds. The van der Waals surface area contributed by atoms with E-state index in [1.54, 1.807) is 0 Å². The van der Waals surface area contributed by atoms with Crippen LogP contribution in [0, 0.1) is 5.92 Å². The van der Waals surface area contributed by atoms with Gasteiger partial charge in [-0.3, -0.25) is 0 Å². The van der Waals surface area contributed by atoms with E-state index in [1.807, 2.05) is 11.8 Å². The Morgan fingerprint density at radius 1 is 1.80 bits per heavy atom. The van der Waals surface area contributed by atoms with E-state index in [-0.39, 0.29) is 0 Å². The van der Waals surface area contributed by atoms with Gasteiger partial charge in [-0.05, 0) is 31.7 Å². The highest BCUT2D eigenvalue weighted by molar-refractivity contribution is 7.98. The van der Waals surface area contributed by atoms with Crippen LogP contribution in [0.25, 0.3) is 0 Å². The highest BCUT2D eigenvalue weighted by Gasteiger charge is 2.20. The first-order chi connectivity index (χ1) is 4.84. The van der Waals surface area contributed by atoms with Gasteiger partial charge in [0, 0.05) is 11.8 Å². The number of hydrogen-bond donors (Lipinski definition) is 2. The maximum Gasteiger partial charge on any atom is 0.0171 e. The fraction of sp³-hybridized carbons (Fsp3) is 1.00. The number of nitrogens with two attached hydrogens (primary N) is 1. The summed E-state index contributed by atoms with van der Waals surface area (Å²) in [6.07, 6.45) is 3.38. The molecule has 0 aromatic heterocycles. The molecule has 0 aromatic rings. The normalized spacial score (nSPS) is 28.8. The van der Waals surface area contributed by atoms with Crippen molar-refractivity contribution < 1.29 is 0 Å². The Kier molecular flexibility index (Phi) is 3.52. The van der Waals surface area contributed by atoms with Crippen molar-refractivity contribution in [2.75, 3.05) is 25.1 Å². The summed E-state index contributed by atoms with van der Waals surface area (Å²) in [4.78, 5) is 0. The monoisotopic (exact) mass is 160 g/mol. The molecule has 1 fully saturated rings. The van der Waals surface area contributed by atoms with E-state index in [2.05, 4.69) is 11.6 Å². The minimum atomic E-state index is 0.407. The SMILES string of the molecule is CSCC(N)C1CCNC1. The molecule has 1 rings (SSSR count). The van der Waals surface area contributed by atoms with E-state index < -0.39 is 0 Å². The van der Waals surface area contributed by atoms with Crippen LogP contribution in [0.4, 0.5) is 0 Å². The zero-order valence-electron chi connectivity index (χ0n) is 6.47. The molecule has 1 heterocycles.